The van der Waals surface area contributed by atoms with Gasteiger partial charge in [0, 0.05) is 25.9 Å². The summed E-state index contributed by atoms with van der Waals surface area (Å²) in [6.45, 7) is 0.899. The third-order valence-electron chi connectivity index (χ3n) is 3.71. The van der Waals surface area contributed by atoms with Crippen molar-refractivity contribution in [3.05, 3.63) is 29.6 Å². The Balaban J connectivity index is 1.64. The summed E-state index contributed by atoms with van der Waals surface area (Å²) in [7, 11) is 1.76. The van der Waals surface area contributed by atoms with Crippen LogP contribution in [0.4, 0.5) is 30.6 Å². The molecule has 0 aromatic carbocycles. The lowest BCUT2D eigenvalue weighted by Crippen LogP contribution is -2.36. The van der Waals surface area contributed by atoms with Crippen LogP contribution in [0.5, 0.6) is 5.88 Å². The maximum Gasteiger partial charge on any atom is 0.422 e. The van der Waals surface area contributed by atoms with E-state index < -0.39 is 12.8 Å². The van der Waals surface area contributed by atoms with Gasteiger partial charge in [0.05, 0.1) is 12.2 Å². The minimum atomic E-state index is -4.41. The van der Waals surface area contributed by atoms with Crippen LogP contribution in [0.25, 0.3) is 0 Å². The lowest BCUT2D eigenvalue weighted by molar-refractivity contribution is -0.154. The monoisotopic (exact) mass is 382 g/mol. The zero-order chi connectivity index (χ0) is 19.6. The standard InChI is InChI=1S/C16H17F3N6O2/c1-9-13-14(25(2)7-11(26)23-13)24-15(22-9)21-6-10-3-4-12(20-5-10)27-8-16(17,18)19/h3-5H,6-8H2,1-2H3,(H,23,26)(H,21,22,24). The Labute approximate surface area is 152 Å². The van der Waals surface area contributed by atoms with Gasteiger partial charge in [0.1, 0.15) is 5.69 Å². The van der Waals surface area contributed by atoms with Crippen LogP contribution in [0, 0.1) is 6.92 Å². The van der Waals surface area contributed by atoms with E-state index in [2.05, 4.69) is 30.3 Å². The largest absolute Gasteiger partial charge is 0.468 e. The van der Waals surface area contributed by atoms with Crippen LogP contribution in [0.2, 0.25) is 0 Å². The first-order chi connectivity index (χ1) is 12.7. The minimum Gasteiger partial charge on any atom is -0.468 e. The Kier molecular flexibility index (Phi) is 5.02. The van der Waals surface area contributed by atoms with Crippen molar-refractivity contribution < 1.29 is 22.7 Å². The number of carbonyl (C=O) groups is 1. The molecule has 0 spiro atoms. The summed E-state index contributed by atoms with van der Waals surface area (Å²) in [4.78, 5) is 25.9. The molecule has 0 fully saturated rings. The van der Waals surface area contributed by atoms with E-state index in [1.807, 2.05) is 0 Å². The number of aryl methyl sites for hydroxylation is 1. The summed E-state index contributed by atoms with van der Waals surface area (Å²) in [6.07, 6.45) is -2.99. The van der Waals surface area contributed by atoms with Gasteiger partial charge in [-0.25, -0.2) is 9.97 Å². The summed E-state index contributed by atoms with van der Waals surface area (Å²) >= 11 is 0. The summed E-state index contributed by atoms with van der Waals surface area (Å²) in [5.41, 5.74) is 1.92. The molecule has 8 nitrogen and oxygen atoms in total. The van der Waals surface area contributed by atoms with Crippen molar-refractivity contribution in [2.45, 2.75) is 19.6 Å². The quantitative estimate of drug-likeness (QED) is 0.818. The van der Waals surface area contributed by atoms with Crippen LogP contribution in [-0.2, 0) is 11.3 Å². The van der Waals surface area contributed by atoms with Crippen LogP contribution in [0.3, 0.4) is 0 Å². The van der Waals surface area contributed by atoms with Crippen LogP contribution in [0.1, 0.15) is 11.3 Å². The zero-order valence-electron chi connectivity index (χ0n) is 14.6. The molecule has 0 saturated heterocycles. The molecule has 1 aliphatic rings. The molecular formula is C16H17F3N6O2. The smallest absolute Gasteiger partial charge is 0.422 e. The molecule has 3 rings (SSSR count). The molecule has 1 aliphatic heterocycles. The predicted octanol–water partition coefficient (Wildman–Crippen LogP) is 2.12. The van der Waals surface area contributed by atoms with Crippen LogP contribution >= 0.6 is 0 Å². The Bertz CT molecular complexity index is 841. The number of carbonyl (C=O) groups excluding carboxylic acids is 1. The summed E-state index contributed by atoms with van der Waals surface area (Å²) < 4.78 is 40.9. The predicted molar refractivity (Wildman–Crippen MR) is 91.8 cm³/mol. The summed E-state index contributed by atoms with van der Waals surface area (Å²) in [5, 5.41) is 5.79. The van der Waals surface area contributed by atoms with Gasteiger partial charge in [0.2, 0.25) is 17.7 Å². The fourth-order valence-corrected chi connectivity index (χ4v) is 2.47. The van der Waals surface area contributed by atoms with Crippen molar-refractivity contribution in [3.8, 4) is 5.88 Å². The fourth-order valence-electron chi connectivity index (χ4n) is 2.47. The number of pyridine rings is 1. The van der Waals surface area contributed by atoms with E-state index >= 15 is 0 Å². The van der Waals surface area contributed by atoms with Gasteiger partial charge >= 0.3 is 6.18 Å². The fraction of sp³-hybridized carbons (Fsp3) is 0.375. The van der Waals surface area contributed by atoms with Gasteiger partial charge in [0.25, 0.3) is 0 Å². The van der Waals surface area contributed by atoms with E-state index in [4.69, 9.17) is 0 Å². The van der Waals surface area contributed by atoms with Gasteiger partial charge in [-0.15, -0.1) is 0 Å². The highest BCUT2D eigenvalue weighted by Crippen LogP contribution is 2.29. The first-order valence-corrected chi connectivity index (χ1v) is 7.99. The van der Waals surface area contributed by atoms with Crippen molar-refractivity contribution in [3.63, 3.8) is 0 Å². The highest BCUT2D eigenvalue weighted by Gasteiger charge is 2.28. The number of aromatic nitrogens is 3. The number of ether oxygens (including phenoxy) is 1. The lowest BCUT2D eigenvalue weighted by atomic mass is 10.2. The second-order valence-corrected chi connectivity index (χ2v) is 6.00. The maximum atomic E-state index is 12.1. The third-order valence-corrected chi connectivity index (χ3v) is 3.71. The summed E-state index contributed by atoms with van der Waals surface area (Å²) in [5.74, 6) is 0.746. The SMILES string of the molecule is Cc1nc(NCc2ccc(OCC(F)(F)F)nc2)nc2c1NC(=O)CN2C. The number of hydrogen-bond donors (Lipinski definition) is 2. The molecule has 27 heavy (non-hydrogen) atoms. The zero-order valence-corrected chi connectivity index (χ0v) is 14.6. The number of likely N-dealkylation sites (N-methyl/N-ethyl adjacent to an activating group) is 1. The van der Waals surface area contributed by atoms with Crippen molar-refractivity contribution in [2.24, 2.45) is 0 Å². The highest BCUT2D eigenvalue weighted by molar-refractivity contribution is 6.00. The van der Waals surface area contributed by atoms with Crippen LogP contribution in [0.15, 0.2) is 18.3 Å². The van der Waals surface area contributed by atoms with Gasteiger partial charge in [-0.2, -0.15) is 18.2 Å². The molecule has 0 unspecified atom stereocenters. The van der Waals surface area contributed by atoms with Crippen molar-refractivity contribution >= 4 is 23.4 Å². The number of hydrogen-bond acceptors (Lipinski definition) is 7. The number of alkyl halides is 3. The van der Waals surface area contributed by atoms with E-state index in [-0.39, 0.29) is 18.3 Å². The molecule has 11 heteroatoms. The molecule has 0 radical (unpaired) electrons. The van der Waals surface area contributed by atoms with E-state index in [0.717, 1.165) is 5.56 Å². The molecule has 2 aromatic heterocycles. The number of nitrogens with one attached hydrogen (secondary N) is 2. The van der Waals surface area contributed by atoms with E-state index in [9.17, 15) is 18.0 Å². The molecule has 2 N–H and O–H groups in total. The van der Waals surface area contributed by atoms with Gasteiger partial charge in [-0.05, 0) is 12.5 Å². The second-order valence-electron chi connectivity index (χ2n) is 6.00. The Hall–Kier alpha value is -3.11. The molecule has 0 bridgehead atoms. The molecule has 3 heterocycles. The molecular weight excluding hydrogens is 365 g/mol. The first-order valence-electron chi connectivity index (χ1n) is 7.99. The average molecular weight is 382 g/mol. The number of nitrogens with zero attached hydrogens (tertiary/aromatic N) is 4. The van der Waals surface area contributed by atoms with Crippen LogP contribution < -0.4 is 20.3 Å². The number of anilines is 3. The highest BCUT2D eigenvalue weighted by atomic mass is 19.4. The molecule has 0 saturated carbocycles. The molecule has 2 aromatic rings. The maximum absolute atomic E-state index is 12.1. The summed E-state index contributed by atoms with van der Waals surface area (Å²) in [6, 6.07) is 2.97. The van der Waals surface area contributed by atoms with Gasteiger partial charge in [-0.3, -0.25) is 4.79 Å². The molecule has 144 valence electrons. The van der Waals surface area contributed by atoms with Gasteiger partial charge in [-0.1, -0.05) is 6.07 Å². The number of halogens is 3. The lowest BCUT2D eigenvalue weighted by Gasteiger charge is -2.27. The topological polar surface area (TPSA) is 92.3 Å². The van der Waals surface area contributed by atoms with E-state index in [1.165, 1.54) is 12.3 Å². The number of amides is 1. The van der Waals surface area contributed by atoms with Crippen LogP contribution in [-0.4, -0.2) is 47.2 Å². The van der Waals surface area contributed by atoms with Crippen molar-refractivity contribution in [1.29, 1.82) is 0 Å². The number of fused-ring (bicyclic) bond motifs is 1. The molecule has 0 aliphatic carbocycles. The minimum absolute atomic E-state index is 0.102. The normalized spacial score (nSPS) is 13.8. The first kappa shape index (κ1) is 18.7. The average Bonchev–Trinajstić information content (AvgIpc) is 2.59. The third kappa shape index (κ3) is 4.74. The molecule has 0 atom stereocenters. The molecule has 1 amide bonds. The van der Waals surface area contributed by atoms with Crippen molar-refractivity contribution in [1.82, 2.24) is 15.0 Å². The second kappa shape index (κ2) is 7.25. The van der Waals surface area contributed by atoms with E-state index in [1.54, 1.807) is 24.9 Å². The Morgan fingerprint density at radius 1 is 1.33 bits per heavy atom. The van der Waals surface area contributed by atoms with Gasteiger partial charge in [0.15, 0.2) is 12.4 Å². The Morgan fingerprint density at radius 3 is 2.78 bits per heavy atom. The van der Waals surface area contributed by atoms with Crippen molar-refractivity contribution in [2.75, 3.05) is 35.7 Å². The van der Waals surface area contributed by atoms with Gasteiger partial charge < -0.3 is 20.3 Å². The van der Waals surface area contributed by atoms with E-state index in [0.29, 0.717) is 29.7 Å². The Morgan fingerprint density at radius 2 is 2.11 bits per heavy atom. The number of rotatable bonds is 5.